The van der Waals surface area contributed by atoms with Gasteiger partial charge in [-0.25, -0.2) is 4.79 Å². The maximum atomic E-state index is 13.1. The SMILES string of the molecule is COC(=O)C1CCN(C(=O)[C@@H]2CCC(=O)N2[C@@H]2OC(=O)c3ccccc32)CC1. The Morgan fingerprint density at radius 2 is 1.82 bits per heavy atom. The number of hydrogen-bond donors (Lipinski definition) is 0. The number of cyclic esters (lactones) is 1. The lowest BCUT2D eigenvalue weighted by Crippen LogP contribution is -2.50. The van der Waals surface area contributed by atoms with Gasteiger partial charge >= 0.3 is 11.9 Å². The van der Waals surface area contributed by atoms with E-state index in [0.717, 1.165) is 0 Å². The summed E-state index contributed by atoms with van der Waals surface area (Å²) in [5.74, 6) is -1.28. The molecule has 2 saturated heterocycles. The number of rotatable bonds is 3. The number of hydrogen-bond acceptors (Lipinski definition) is 6. The van der Waals surface area contributed by atoms with Crippen LogP contribution in [-0.2, 0) is 23.9 Å². The van der Waals surface area contributed by atoms with E-state index in [1.807, 2.05) is 0 Å². The zero-order valence-corrected chi connectivity index (χ0v) is 15.6. The largest absolute Gasteiger partial charge is 0.469 e. The van der Waals surface area contributed by atoms with E-state index in [9.17, 15) is 19.2 Å². The van der Waals surface area contributed by atoms with Crippen LogP contribution in [0.15, 0.2) is 24.3 Å². The van der Waals surface area contributed by atoms with Crippen molar-refractivity contribution in [3.63, 3.8) is 0 Å². The van der Waals surface area contributed by atoms with Crippen LogP contribution in [0.25, 0.3) is 0 Å². The number of methoxy groups -OCH3 is 1. The molecule has 1 aromatic carbocycles. The Morgan fingerprint density at radius 3 is 2.54 bits per heavy atom. The standard InChI is InChI=1S/C20H22N2O6/c1-27-19(25)12-8-10-21(11-9-12)17(24)15-6-7-16(23)22(15)18-13-4-2-3-5-14(13)20(26)28-18/h2-5,12,15,18H,6-11H2,1H3/t15-,18+/m0/s1. The topological polar surface area (TPSA) is 93.2 Å². The fourth-order valence-electron chi connectivity index (χ4n) is 4.29. The number of likely N-dealkylation sites (tertiary alicyclic amines) is 2. The summed E-state index contributed by atoms with van der Waals surface area (Å²) in [6.45, 7) is 0.885. The smallest absolute Gasteiger partial charge is 0.340 e. The van der Waals surface area contributed by atoms with Crippen LogP contribution in [-0.4, -0.2) is 59.8 Å². The molecule has 28 heavy (non-hydrogen) atoms. The third-order valence-electron chi connectivity index (χ3n) is 5.80. The zero-order chi connectivity index (χ0) is 19.8. The molecular weight excluding hydrogens is 364 g/mol. The molecule has 0 radical (unpaired) electrons. The summed E-state index contributed by atoms with van der Waals surface area (Å²) in [6.07, 6.45) is 0.858. The quantitative estimate of drug-likeness (QED) is 0.726. The van der Waals surface area contributed by atoms with Gasteiger partial charge in [0.2, 0.25) is 18.0 Å². The summed E-state index contributed by atoms with van der Waals surface area (Å²) in [5, 5.41) is 0. The molecule has 4 rings (SSSR count). The fraction of sp³-hybridized carbons (Fsp3) is 0.500. The van der Waals surface area contributed by atoms with Gasteiger partial charge < -0.3 is 14.4 Å². The van der Waals surface area contributed by atoms with Gasteiger partial charge in [-0.3, -0.25) is 19.3 Å². The van der Waals surface area contributed by atoms with Crippen molar-refractivity contribution in [3.05, 3.63) is 35.4 Å². The first kappa shape index (κ1) is 18.5. The van der Waals surface area contributed by atoms with Crippen LogP contribution in [0.1, 0.15) is 47.8 Å². The number of carbonyl (C=O) groups excluding carboxylic acids is 4. The van der Waals surface area contributed by atoms with Crippen molar-refractivity contribution in [2.75, 3.05) is 20.2 Å². The molecule has 2 atom stereocenters. The maximum absolute atomic E-state index is 13.1. The van der Waals surface area contributed by atoms with Crippen molar-refractivity contribution < 1.29 is 28.7 Å². The Balaban J connectivity index is 1.51. The number of amides is 2. The molecule has 0 aromatic heterocycles. The Morgan fingerprint density at radius 1 is 1.11 bits per heavy atom. The number of carbonyl (C=O) groups is 4. The second kappa shape index (κ2) is 7.26. The highest BCUT2D eigenvalue weighted by molar-refractivity contribution is 5.96. The Bertz CT molecular complexity index is 830. The van der Waals surface area contributed by atoms with E-state index in [4.69, 9.17) is 9.47 Å². The minimum absolute atomic E-state index is 0.158. The molecule has 2 amide bonds. The van der Waals surface area contributed by atoms with Crippen LogP contribution in [0.3, 0.4) is 0 Å². The van der Waals surface area contributed by atoms with Crippen molar-refractivity contribution in [2.45, 2.75) is 38.0 Å². The van der Waals surface area contributed by atoms with Gasteiger partial charge in [0, 0.05) is 25.1 Å². The predicted molar refractivity (Wildman–Crippen MR) is 95.8 cm³/mol. The van der Waals surface area contributed by atoms with E-state index in [2.05, 4.69) is 0 Å². The molecule has 8 nitrogen and oxygen atoms in total. The third-order valence-corrected chi connectivity index (χ3v) is 5.80. The van der Waals surface area contributed by atoms with Gasteiger partial charge in [0.15, 0.2) is 0 Å². The Labute approximate surface area is 162 Å². The van der Waals surface area contributed by atoms with E-state index in [-0.39, 0.29) is 30.1 Å². The second-order valence-electron chi connectivity index (χ2n) is 7.32. The average Bonchev–Trinajstić information content (AvgIpc) is 3.27. The van der Waals surface area contributed by atoms with Crippen LogP contribution in [0.4, 0.5) is 0 Å². The first-order valence-electron chi connectivity index (χ1n) is 9.49. The average molecular weight is 386 g/mol. The van der Waals surface area contributed by atoms with Gasteiger partial charge in [0.1, 0.15) is 6.04 Å². The van der Waals surface area contributed by atoms with Gasteiger partial charge in [-0.2, -0.15) is 0 Å². The molecule has 148 valence electrons. The van der Waals surface area contributed by atoms with E-state index in [1.54, 1.807) is 29.2 Å². The lowest BCUT2D eigenvalue weighted by Gasteiger charge is -2.36. The van der Waals surface area contributed by atoms with Gasteiger partial charge in [-0.15, -0.1) is 0 Å². The van der Waals surface area contributed by atoms with E-state index < -0.39 is 18.2 Å². The highest BCUT2D eigenvalue weighted by atomic mass is 16.6. The number of piperidine rings is 1. The fourth-order valence-corrected chi connectivity index (χ4v) is 4.29. The first-order chi connectivity index (χ1) is 13.5. The summed E-state index contributed by atoms with van der Waals surface area (Å²) in [4.78, 5) is 52.6. The molecule has 3 aliphatic heterocycles. The first-order valence-corrected chi connectivity index (χ1v) is 9.49. The summed E-state index contributed by atoms with van der Waals surface area (Å²) in [7, 11) is 1.36. The summed E-state index contributed by atoms with van der Waals surface area (Å²) in [5.41, 5.74) is 1.04. The van der Waals surface area contributed by atoms with Crippen molar-refractivity contribution in [2.24, 2.45) is 5.92 Å². The van der Waals surface area contributed by atoms with Crippen molar-refractivity contribution >= 4 is 23.8 Å². The molecule has 8 heteroatoms. The molecule has 0 bridgehead atoms. The lowest BCUT2D eigenvalue weighted by molar-refractivity contribution is -0.153. The van der Waals surface area contributed by atoms with Crippen molar-refractivity contribution in [3.8, 4) is 0 Å². The second-order valence-corrected chi connectivity index (χ2v) is 7.32. The third kappa shape index (κ3) is 3.02. The maximum Gasteiger partial charge on any atom is 0.340 e. The highest BCUT2D eigenvalue weighted by Crippen LogP contribution is 2.38. The normalized spacial score (nSPS) is 24.9. The number of esters is 2. The highest BCUT2D eigenvalue weighted by Gasteiger charge is 2.47. The van der Waals surface area contributed by atoms with E-state index in [0.29, 0.717) is 43.5 Å². The summed E-state index contributed by atoms with van der Waals surface area (Å²) >= 11 is 0. The molecule has 3 aliphatic rings. The van der Waals surface area contributed by atoms with Gasteiger partial charge in [0.25, 0.3) is 0 Å². The number of nitrogens with zero attached hydrogens (tertiary/aromatic N) is 2. The van der Waals surface area contributed by atoms with Crippen LogP contribution in [0, 0.1) is 5.92 Å². The summed E-state index contributed by atoms with van der Waals surface area (Å²) in [6, 6.07) is 6.27. The number of ether oxygens (including phenoxy) is 2. The molecule has 0 spiro atoms. The van der Waals surface area contributed by atoms with Crippen molar-refractivity contribution in [1.29, 1.82) is 0 Å². The molecule has 0 unspecified atom stereocenters. The minimum atomic E-state index is -0.861. The Hall–Kier alpha value is -2.90. The van der Waals surface area contributed by atoms with E-state index in [1.165, 1.54) is 12.0 Å². The van der Waals surface area contributed by atoms with Crippen LogP contribution >= 0.6 is 0 Å². The van der Waals surface area contributed by atoms with Crippen LogP contribution < -0.4 is 0 Å². The molecule has 0 aliphatic carbocycles. The zero-order valence-electron chi connectivity index (χ0n) is 15.6. The van der Waals surface area contributed by atoms with Crippen LogP contribution in [0.2, 0.25) is 0 Å². The summed E-state index contributed by atoms with van der Waals surface area (Å²) < 4.78 is 10.2. The van der Waals surface area contributed by atoms with Gasteiger partial charge in [-0.1, -0.05) is 18.2 Å². The monoisotopic (exact) mass is 386 g/mol. The molecule has 0 N–H and O–H groups in total. The van der Waals surface area contributed by atoms with Crippen LogP contribution in [0.5, 0.6) is 0 Å². The van der Waals surface area contributed by atoms with Gasteiger partial charge in [0.05, 0.1) is 18.6 Å². The molecule has 0 saturated carbocycles. The van der Waals surface area contributed by atoms with E-state index >= 15 is 0 Å². The molecular formula is C20H22N2O6. The molecule has 1 aromatic rings. The van der Waals surface area contributed by atoms with Gasteiger partial charge in [-0.05, 0) is 25.3 Å². The number of benzene rings is 1. The van der Waals surface area contributed by atoms with Crippen molar-refractivity contribution in [1.82, 2.24) is 9.80 Å². The predicted octanol–water partition coefficient (Wildman–Crippen LogP) is 1.26. The molecule has 2 fully saturated rings. The lowest BCUT2D eigenvalue weighted by atomic mass is 9.96. The molecule has 3 heterocycles. The minimum Gasteiger partial charge on any atom is -0.469 e. The number of fused-ring (bicyclic) bond motifs is 1. The Kier molecular flexibility index (Phi) is 4.78.